The van der Waals surface area contributed by atoms with Crippen LogP contribution in [-0.2, 0) is 12.1 Å². The maximum absolute atomic E-state index is 13.4. The average molecular weight is 422 g/mol. The van der Waals surface area contributed by atoms with Gasteiger partial charge < -0.3 is 10.4 Å². The van der Waals surface area contributed by atoms with Gasteiger partial charge in [0.1, 0.15) is 5.82 Å². The predicted octanol–water partition coefficient (Wildman–Crippen LogP) is 3.13. The highest BCUT2D eigenvalue weighted by Crippen LogP contribution is 2.42. The van der Waals surface area contributed by atoms with Crippen LogP contribution < -0.4 is 5.32 Å². The Kier molecular flexibility index (Phi) is 5.66. The molecule has 0 radical (unpaired) electrons. The molecule has 2 heterocycles. The smallest absolute Gasteiger partial charge is 0.376 e. The molecule has 2 N–H and O–H groups in total. The van der Waals surface area contributed by atoms with Gasteiger partial charge in [0.15, 0.2) is 11.3 Å². The summed E-state index contributed by atoms with van der Waals surface area (Å²) in [6.07, 6.45) is -2.68. The van der Waals surface area contributed by atoms with Gasteiger partial charge in [0.2, 0.25) is 0 Å². The molecule has 0 saturated carbocycles. The summed E-state index contributed by atoms with van der Waals surface area (Å²) in [5, 5.41) is 24.1. The number of anilines is 1. The maximum Gasteiger partial charge on any atom is 0.421 e. The van der Waals surface area contributed by atoms with Gasteiger partial charge in [0.05, 0.1) is 24.5 Å². The van der Waals surface area contributed by atoms with Crippen molar-refractivity contribution in [2.75, 3.05) is 5.32 Å². The fourth-order valence-electron chi connectivity index (χ4n) is 2.81. The summed E-state index contributed by atoms with van der Waals surface area (Å²) in [5.41, 5.74) is -2.90. The highest BCUT2D eigenvalue weighted by molar-refractivity contribution is 6.02. The Bertz CT molecular complexity index is 1020. The number of rotatable bonds is 6. The lowest BCUT2D eigenvalue weighted by Gasteiger charge is -2.26. The molecular formula is C19H21F3N6O2. The van der Waals surface area contributed by atoms with Crippen molar-refractivity contribution in [2.24, 2.45) is 0 Å². The van der Waals surface area contributed by atoms with Gasteiger partial charge in [0, 0.05) is 6.04 Å². The van der Waals surface area contributed by atoms with Crippen molar-refractivity contribution in [1.29, 1.82) is 0 Å². The summed E-state index contributed by atoms with van der Waals surface area (Å²) in [5.74, 6) is -1.02. The van der Waals surface area contributed by atoms with Crippen LogP contribution in [0.1, 0.15) is 48.4 Å². The molecule has 1 atom stereocenters. The zero-order valence-corrected chi connectivity index (χ0v) is 16.6. The van der Waals surface area contributed by atoms with Crippen LogP contribution in [0.4, 0.5) is 19.0 Å². The maximum atomic E-state index is 13.4. The number of carbonyl (C=O) groups is 1. The van der Waals surface area contributed by atoms with Crippen LogP contribution >= 0.6 is 0 Å². The number of hydrogen-bond donors (Lipinski definition) is 2. The molecule has 1 amide bonds. The van der Waals surface area contributed by atoms with Gasteiger partial charge in [-0.1, -0.05) is 35.5 Å². The molecule has 0 aliphatic rings. The van der Waals surface area contributed by atoms with Crippen LogP contribution in [0, 0.1) is 0 Å². The molecule has 3 rings (SSSR count). The van der Waals surface area contributed by atoms with Gasteiger partial charge in [0.25, 0.3) is 5.91 Å². The lowest BCUT2D eigenvalue weighted by molar-refractivity contribution is -0.258. The number of nitrogens with zero attached hydrogens (tertiary/aromatic N) is 5. The molecule has 0 aliphatic carbocycles. The number of aromatic nitrogens is 5. The van der Waals surface area contributed by atoms with Crippen LogP contribution in [-0.4, -0.2) is 42.0 Å². The Morgan fingerprint density at radius 3 is 2.50 bits per heavy atom. The molecule has 3 aromatic rings. The van der Waals surface area contributed by atoms with Gasteiger partial charge in [-0.2, -0.15) is 18.3 Å². The van der Waals surface area contributed by atoms with Crippen LogP contribution in [0.15, 0.2) is 42.7 Å². The zero-order valence-electron chi connectivity index (χ0n) is 16.6. The summed E-state index contributed by atoms with van der Waals surface area (Å²) in [7, 11) is 0. The highest BCUT2D eigenvalue weighted by atomic mass is 19.4. The normalized spacial score (nSPS) is 14.0. The molecule has 160 valence electrons. The minimum absolute atomic E-state index is 0.0833. The minimum atomic E-state index is -4.96. The lowest BCUT2D eigenvalue weighted by atomic mass is 9.97. The first-order valence-corrected chi connectivity index (χ1v) is 9.13. The quantitative estimate of drug-likeness (QED) is 0.636. The van der Waals surface area contributed by atoms with Crippen molar-refractivity contribution in [1.82, 2.24) is 24.8 Å². The molecular weight excluding hydrogens is 401 g/mol. The summed E-state index contributed by atoms with van der Waals surface area (Å²) < 4.78 is 42.7. The predicted molar refractivity (Wildman–Crippen MR) is 102 cm³/mol. The zero-order chi connectivity index (χ0) is 22.1. The number of benzene rings is 1. The number of halogens is 3. The van der Waals surface area contributed by atoms with Gasteiger partial charge in [-0.25, -0.2) is 9.36 Å². The second-order valence-corrected chi connectivity index (χ2v) is 7.26. The molecule has 11 heteroatoms. The summed E-state index contributed by atoms with van der Waals surface area (Å²) in [4.78, 5) is 12.7. The van der Waals surface area contributed by atoms with Crippen molar-refractivity contribution < 1.29 is 23.1 Å². The number of alkyl halides is 3. The van der Waals surface area contributed by atoms with Gasteiger partial charge in [-0.15, -0.1) is 5.10 Å². The van der Waals surface area contributed by atoms with Crippen LogP contribution in [0.25, 0.3) is 0 Å². The summed E-state index contributed by atoms with van der Waals surface area (Å²) in [6.45, 7) is 4.36. The molecule has 8 nitrogen and oxygen atoms in total. The monoisotopic (exact) mass is 422 g/mol. The molecule has 0 spiro atoms. The number of hydrogen-bond acceptors (Lipinski definition) is 5. The van der Waals surface area contributed by atoms with E-state index in [1.54, 1.807) is 13.8 Å². The largest absolute Gasteiger partial charge is 0.421 e. The molecule has 30 heavy (non-hydrogen) atoms. The lowest BCUT2D eigenvalue weighted by Crippen LogP contribution is -2.39. The van der Waals surface area contributed by atoms with Crippen molar-refractivity contribution in [3.63, 3.8) is 0 Å². The first-order chi connectivity index (χ1) is 14.0. The summed E-state index contributed by atoms with van der Waals surface area (Å²) in [6, 6.07) is 8.99. The third kappa shape index (κ3) is 4.20. The average Bonchev–Trinajstić information content (AvgIpc) is 3.29. The molecule has 0 bridgehead atoms. The SMILES string of the molecule is CC(C)n1ncc(C(C)(O)C(F)(F)F)c1NC(=O)c1cn(Cc2ccccc2)nn1. The van der Waals surface area contributed by atoms with E-state index in [1.807, 2.05) is 30.3 Å². The van der Waals surface area contributed by atoms with Crippen molar-refractivity contribution >= 4 is 11.7 Å². The molecule has 1 aromatic carbocycles. The Morgan fingerprint density at radius 1 is 1.23 bits per heavy atom. The fraction of sp³-hybridized carbons (Fsp3) is 0.368. The molecule has 1 unspecified atom stereocenters. The van der Waals surface area contributed by atoms with E-state index >= 15 is 0 Å². The van der Waals surface area contributed by atoms with Gasteiger partial charge in [-0.3, -0.25) is 4.79 Å². The van der Waals surface area contributed by atoms with E-state index in [2.05, 4.69) is 20.7 Å². The number of nitrogens with one attached hydrogen (secondary N) is 1. The Morgan fingerprint density at radius 2 is 1.90 bits per heavy atom. The molecule has 0 aliphatic heterocycles. The Balaban J connectivity index is 1.87. The first-order valence-electron chi connectivity index (χ1n) is 9.13. The first kappa shape index (κ1) is 21.5. The van der Waals surface area contributed by atoms with Gasteiger partial charge >= 0.3 is 6.18 Å². The topological polar surface area (TPSA) is 97.9 Å². The van der Waals surface area contributed by atoms with E-state index in [4.69, 9.17) is 0 Å². The van der Waals surface area contributed by atoms with Gasteiger partial charge in [-0.05, 0) is 26.3 Å². The fourth-order valence-corrected chi connectivity index (χ4v) is 2.81. The second kappa shape index (κ2) is 7.90. The summed E-state index contributed by atoms with van der Waals surface area (Å²) >= 11 is 0. The van der Waals surface area contributed by atoms with Crippen LogP contribution in [0.2, 0.25) is 0 Å². The molecule has 0 saturated heterocycles. The van der Waals surface area contributed by atoms with E-state index in [1.165, 1.54) is 15.6 Å². The van der Waals surface area contributed by atoms with E-state index in [9.17, 15) is 23.1 Å². The number of aliphatic hydroxyl groups is 1. The van der Waals surface area contributed by atoms with Crippen molar-refractivity contribution in [3.8, 4) is 0 Å². The second-order valence-electron chi connectivity index (χ2n) is 7.26. The Labute approximate surface area is 170 Å². The van der Waals surface area contributed by atoms with E-state index in [-0.39, 0.29) is 17.6 Å². The molecule has 0 fully saturated rings. The van der Waals surface area contributed by atoms with E-state index in [0.717, 1.165) is 11.8 Å². The molecule has 2 aromatic heterocycles. The third-order valence-corrected chi connectivity index (χ3v) is 4.55. The number of amides is 1. The van der Waals surface area contributed by atoms with Crippen LogP contribution in [0.5, 0.6) is 0 Å². The highest BCUT2D eigenvalue weighted by Gasteiger charge is 2.53. The number of carbonyl (C=O) groups excluding carboxylic acids is 1. The minimum Gasteiger partial charge on any atom is -0.376 e. The van der Waals surface area contributed by atoms with Crippen LogP contribution in [0.3, 0.4) is 0 Å². The van der Waals surface area contributed by atoms with E-state index < -0.39 is 23.2 Å². The standard InChI is InChI=1S/C19H21F3N6O2/c1-12(2)28-16(14(9-23-28)18(3,30)19(20,21)22)24-17(29)15-11-27(26-25-15)10-13-7-5-4-6-8-13/h4-9,11-12,30H,10H2,1-3H3,(H,24,29). The van der Waals surface area contributed by atoms with Crippen molar-refractivity contribution in [3.05, 3.63) is 59.5 Å². The van der Waals surface area contributed by atoms with Crippen molar-refractivity contribution in [2.45, 2.75) is 45.1 Å². The van der Waals surface area contributed by atoms with E-state index in [0.29, 0.717) is 13.5 Å². The Hall–Kier alpha value is -3.21. The third-order valence-electron chi connectivity index (χ3n) is 4.55.